The third-order valence-corrected chi connectivity index (χ3v) is 6.57. The Morgan fingerprint density at radius 1 is 1.15 bits per heavy atom. The van der Waals surface area contributed by atoms with E-state index in [4.69, 9.17) is 14.6 Å². The second kappa shape index (κ2) is 6.40. The first-order chi connectivity index (χ1) is 12.7. The number of rotatable bonds is 5. The third-order valence-electron chi connectivity index (χ3n) is 6.57. The van der Waals surface area contributed by atoms with Crippen molar-refractivity contribution in [2.75, 3.05) is 7.11 Å². The zero-order valence-electron chi connectivity index (χ0n) is 15.1. The van der Waals surface area contributed by atoms with Gasteiger partial charge in [-0.25, -0.2) is 4.79 Å². The maximum atomic E-state index is 13.4. The lowest BCUT2D eigenvalue weighted by atomic mass is 9.49. The molecule has 4 saturated carbocycles. The molecule has 0 radical (unpaired) electrons. The van der Waals surface area contributed by atoms with Gasteiger partial charge in [0.25, 0.3) is 0 Å². The molecule has 0 saturated heterocycles. The van der Waals surface area contributed by atoms with E-state index in [9.17, 15) is 18.0 Å². The molecule has 0 spiro atoms. The van der Waals surface area contributed by atoms with Crippen molar-refractivity contribution < 1.29 is 32.5 Å². The van der Waals surface area contributed by atoms with Crippen LogP contribution in [0.5, 0.6) is 5.75 Å². The Hall–Kier alpha value is -1.76. The van der Waals surface area contributed by atoms with E-state index in [1.165, 1.54) is 26.4 Å². The number of aromatic carboxylic acids is 1. The fourth-order valence-electron chi connectivity index (χ4n) is 5.99. The average molecular weight is 384 g/mol. The van der Waals surface area contributed by atoms with Gasteiger partial charge in [0.05, 0.1) is 11.1 Å². The molecule has 0 heterocycles. The van der Waals surface area contributed by atoms with Crippen molar-refractivity contribution in [3.63, 3.8) is 0 Å². The molecule has 0 amide bonds. The van der Waals surface area contributed by atoms with E-state index >= 15 is 0 Å². The van der Waals surface area contributed by atoms with Crippen LogP contribution in [0.2, 0.25) is 0 Å². The van der Waals surface area contributed by atoms with Crippen LogP contribution in [-0.4, -0.2) is 24.5 Å². The van der Waals surface area contributed by atoms with Gasteiger partial charge >= 0.3 is 12.1 Å². The van der Waals surface area contributed by atoms with Crippen molar-refractivity contribution in [1.82, 2.24) is 0 Å². The quantitative estimate of drug-likeness (QED) is 0.728. The summed E-state index contributed by atoms with van der Waals surface area (Å²) < 4.78 is 51.6. The fraction of sp³-hybridized carbons (Fsp3) is 0.650. The van der Waals surface area contributed by atoms with Crippen LogP contribution in [0.4, 0.5) is 13.2 Å². The molecule has 148 valence electrons. The lowest BCUT2D eigenvalue weighted by Crippen LogP contribution is -2.54. The van der Waals surface area contributed by atoms with Gasteiger partial charge < -0.3 is 14.6 Å². The predicted molar refractivity (Wildman–Crippen MR) is 90.4 cm³/mol. The smallest absolute Gasteiger partial charge is 0.419 e. The van der Waals surface area contributed by atoms with E-state index in [0.29, 0.717) is 17.8 Å². The van der Waals surface area contributed by atoms with Crippen molar-refractivity contribution in [2.45, 2.75) is 51.0 Å². The molecule has 0 aromatic heterocycles. The molecular weight excluding hydrogens is 361 g/mol. The van der Waals surface area contributed by atoms with Gasteiger partial charge in [0, 0.05) is 12.5 Å². The number of alkyl halides is 3. The van der Waals surface area contributed by atoms with Crippen molar-refractivity contribution >= 4 is 5.97 Å². The summed E-state index contributed by atoms with van der Waals surface area (Å²) in [6.07, 6.45) is 0.836. The molecule has 4 aliphatic rings. The number of halogens is 3. The minimum Gasteiger partial charge on any atom is -0.478 e. The number of carboxylic acids is 1. The third kappa shape index (κ3) is 3.30. The molecule has 5 rings (SSSR count). The predicted octanol–water partition coefficient (Wildman–Crippen LogP) is 4.97. The summed E-state index contributed by atoms with van der Waals surface area (Å²) in [4.78, 5) is 11.2. The number of benzene rings is 1. The summed E-state index contributed by atoms with van der Waals surface area (Å²) >= 11 is 0. The minimum absolute atomic E-state index is 0.238. The van der Waals surface area contributed by atoms with Crippen LogP contribution in [0.25, 0.3) is 0 Å². The Balaban J connectivity index is 1.67. The molecule has 1 atom stereocenters. The van der Waals surface area contributed by atoms with Crippen LogP contribution in [0.15, 0.2) is 18.2 Å². The Morgan fingerprint density at radius 2 is 1.70 bits per heavy atom. The van der Waals surface area contributed by atoms with E-state index in [1.54, 1.807) is 0 Å². The molecule has 1 aromatic carbocycles. The van der Waals surface area contributed by atoms with E-state index in [0.717, 1.165) is 37.5 Å². The number of ether oxygens (including phenoxy) is 2. The lowest BCUT2D eigenvalue weighted by molar-refractivity contribution is -0.206. The maximum absolute atomic E-state index is 13.4. The van der Waals surface area contributed by atoms with E-state index in [-0.39, 0.29) is 11.0 Å². The number of hydrogen-bond acceptors (Lipinski definition) is 3. The van der Waals surface area contributed by atoms with Gasteiger partial charge in [-0.2, -0.15) is 13.2 Å². The van der Waals surface area contributed by atoms with Crippen LogP contribution < -0.4 is 4.74 Å². The summed E-state index contributed by atoms with van der Waals surface area (Å²) in [5.41, 5.74) is -1.50. The second-order valence-electron chi connectivity index (χ2n) is 8.48. The van der Waals surface area contributed by atoms with Crippen LogP contribution in [-0.2, 0) is 10.9 Å². The monoisotopic (exact) mass is 384 g/mol. The highest BCUT2D eigenvalue weighted by Gasteiger charge is 2.56. The highest BCUT2D eigenvalue weighted by molar-refractivity contribution is 5.88. The number of carboxylic acid groups (broad SMARTS) is 1. The fourth-order valence-corrected chi connectivity index (χ4v) is 5.99. The SMILES string of the molecule is COC(Oc1cc(C(=O)O)ccc1C(F)(F)F)C12CC3CC(CC(C3)C1)C2. The Kier molecular flexibility index (Phi) is 4.41. The molecule has 0 aliphatic heterocycles. The number of carbonyl (C=O) groups is 1. The molecule has 4 fully saturated rings. The van der Waals surface area contributed by atoms with Crippen LogP contribution in [0, 0.1) is 23.2 Å². The van der Waals surface area contributed by atoms with Crippen molar-refractivity contribution in [3.8, 4) is 5.75 Å². The van der Waals surface area contributed by atoms with Crippen LogP contribution >= 0.6 is 0 Å². The Labute approximate surface area is 155 Å². The van der Waals surface area contributed by atoms with E-state index in [1.807, 2.05) is 0 Å². The molecule has 27 heavy (non-hydrogen) atoms. The first-order valence-corrected chi connectivity index (χ1v) is 9.34. The van der Waals surface area contributed by atoms with E-state index in [2.05, 4.69) is 0 Å². The topological polar surface area (TPSA) is 55.8 Å². The molecule has 1 aromatic rings. The van der Waals surface area contributed by atoms with Gasteiger partial charge in [0.2, 0.25) is 6.29 Å². The maximum Gasteiger partial charge on any atom is 0.419 e. The van der Waals surface area contributed by atoms with Gasteiger partial charge in [-0.3, -0.25) is 0 Å². The van der Waals surface area contributed by atoms with Gasteiger partial charge in [-0.1, -0.05) is 0 Å². The Morgan fingerprint density at radius 3 is 2.15 bits per heavy atom. The van der Waals surface area contributed by atoms with Crippen molar-refractivity contribution in [2.24, 2.45) is 23.2 Å². The van der Waals surface area contributed by atoms with Crippen LogP contribution in [0.1, 0.15) is 54.4 Å². The highest BCUT2D eigenvalue weighted by Crippen LogP contribution is 2.62. The van der Waals surface area contributed by atoms with E-state index < -0.39 is 29.7 Å². The molecule has 4 bridgehead atoms. The molecule has 4 nitrogen and oxygen atoms in total. The minimum atomic E-state index is -4.63. The summed E-state index contributed by atoms with van der Waals surface area (Å²) in [5.74, 6) is 0.00200. The molecule has 1 N–H and O–H groups in total. The largest absolute Gasteiger partial charge is 0.478 e. The molecular formula is C20H23F3O4. The van der Waals surface area contributed by atoms with Gasteiger partial charge in [-0.15, -0.1) is 0 Å². The summed E-state index contributed by atoms with van der Waals surface area (Å²) in [5, 5.41) is 9.16. The first-order valence-electron chi connectivity index (χ1n) is 9.34. The lowest BCUT2D eigenvalue weighted by Gasteiger charge is -2.58. The van der Waals surface area contributed by atoms with Crippen molar-refractivity contribution in [1.29, 1.82) is 0 Å². The van der Waals surface area contributed by atoms with Crippen molar-refractivity contribution in [3.05, 3.63) is 29.3 Å². The molecule has 7 heteroatoms. The number of hydrogen-bond donors (Lipinski definition) is 1. The summed E-state index contributed by atoms with van der Waals surface area (Å²) in [6.45, 7) is 0. The Bertz CT molecular complexity index is 708. The van der Waals surface area contributed by atoms with Crippen LogP contribution in [0.3, 0.4) is 0 Å². The second-order valence-corrected chi connectivity index (χ2v) is 8.48. The molecule has 4 aliphatic carbocycles. The first kappa shape index (κ1) is 18.6. The summed E-state index contributed by atoms with van der Waals surface area (Å²) in [6, 6.07) is 2.67. The van der Waals surface area contributed by atoms with Gasteiger partial charge in [-0.05, 0) is 74.5 Å². The zero-order valence-corrected chi connectivity index (χ0v) is 15.1. The van der Waals surface area contributed by atoms with Gasteiger partial charge in [0.15, 0.2) is 0 Å². The molecule has 1 unspecified atom stereocenters. The zero-order chi connectivity index (χ0) is 19.4. The highest BCUT2D eigenvalue weighted by atomic mass is 19.4. The average Bonchev–Trinajstić information content (AvgIpc) is 2.57. The standard InChI is InChI=1S/C20H23F3O4/c1-26-18(19-8-11-4-12(9-19)6-13(5-11)10-19)27-16-7-14(17(24)25)2-3-15(16)20(21,22)23/h2-3,7,11-13,18H,4-6,8-10H2,1H3,(H,24,25). The summed E-state index contributed by atoms with van der Waals surface area (Å²) in [7, 11) is 1.46. The number of methoxy groups -OCH3 is 1. The normalized spacial score (nSPS) is 33.1. The van der Waals surface area contributed by atoms with Gasteiger partial charge in [0.1, 0.15) is 5.75 Å².